The summed E-state index contributed by atoms with van der Waals surface area (Å²) in [7, 11) is 2.34. The summed E-state index contributed by atoms with van der Waals surface area (Å²) in [5, 5.41) is 9.61. The molecule has 1 atom stereocenters. The van der Waals surface area contributed by atoms with Crippen molar-refractivity contribution in [2.75, 3.05) is 14.2 Å². The van der Waals surface area contributed by atoms with E-state index < -0.39 is 17.5 Å². The Labute approximate surface area is 76.6 Å². The van der Waals surface area contributed by atoms with Gasteiger partial charge in [-0.3, -0.25) is 4.79 Å². The molecule has 0 saturated heterocycles. The normalized spacial score (nSPS) is 14.5. The molecular weight excluding hydrogens is 176 g/mol. The molecule has 0 saturated carbocycles. The summed E-state index contributed by atoms with van der Waals surface area (Å²) >= 11 is 0. The standard InChI is InChI=1S/C8H14O5/c1-4-8(11,7(10)13-3)5-6(9)12-2/h11H,4-5H2,1-3H3/t8-/m1/s1. The summed E-state index contributed by atoms with van der Waals surface area (Å²) in [6.45, 7) is 1.58. The molecule has 0 heterocycles. The van der Waals surface area contributed by atoms with Gasteiger partial charge in [0, 0.05) is 0 Å². The van der Waals surface area contributed by atoms with Gasteiger partial charge in [0.1, 0.15) is 0 Å². The van der Waals surface area contributed by atoms with E-state index >= 15 is 0 Å². The van der Waals surface area contributed by atoms with Gasteiger partial charge in [0.15, 0.2) is 5.60 Å². The van der Waals surface area contributed by atoms with Gasteiger partial charge in [-0.15, -0.1) is 0 Å². The topological polar surface area (TPSA) is 72.8 Å². The van der Waals surface area contributed by atoms with Gasteiger partial charge in [0.05, 0.1) is 20.6 Å². The van der Waals surface area contributed by atoms with E-state index in [0.717, 1.165) is 7.11 Å². The number of aliphatic hydroxyl groups is 1. The highest BCUT2D eigenvalue weighted by Gasteiger charge is 2.38. The van der Waals surface area contributed by atoms with Gasteiger partial charge in [0.25, 0.3) is 0 Å². The van der Waals surface area contributed by atoms with Crippen LogP contribution in [0, 0.1) is 0 Å². The zero-order chi connectivity index (χ0) is 10.5. The molecule has 76 valence electrons. The highest BCUT2D eigenvalue weighted by atomic mass is 16.5. The number of hydrogen-bond acceptors (Lipinski definition) is 5. The van der Waals surface area contributed by atoms with Gasteiger partial charge < -0.3 is 14.6 Å². The molecule has 0 radical (unpaired) electrons. The molecule has 13 heavy (non-hydrogen) atoms. The number of methoxy groups -OCH3 is 2. The van der Waals surface area contributed by atoms with Gasteiger partial charge in [-0.25, -0.2) is 4.79 Å². The maximum absolute atomic E-state index is 11.0. The van der Waals surface area contributed by atoms with E-state index in [1.54, 1.807) is 6.92 Å². The number of rotatable bonds is 4. The number of hydrogen-bond donors (Lipinski definition) is 1. The second-order valence-corrected chi connectivity index (χ2v) is 2.63. The fourth-order valence-corrected chi connectivity index (χ4v) is 0.842. The first-order valence-electron chi connectivity index (χ1n) is 3.87. The van der Waals surface area contributed by atoms with E-state index in [4.69, 9.17) is 0 Å². The molecule has 0 rings (SSSR count). The fourth-order valence-electron chi connectivity index (χ4n) is 0.842. The molecule has 0 amide bonds. The predicted molar refractivity (Wildman–Crippen MR) is 43.9 cm³/mol. The molecule has 0 aliphatic rings. The second-order valence-electron chi connectivity index (χ2n) is 2.63. The Balaban J connectivity index is 4.45. The molecule has 0 fully saturated rings. The minimum absolute atomic E-state index is 0.106. The Kier molecular flexibility index (Phi) is 4.40. The molecular formula is C8H14O5. The summed E-state index contributed by atoms with van der Waals surface area (Å²) in [6, 6.07) is 0. The number of carbonyl (C=O) groups excluding carboxylic acids is 2. The van der Waals surface area contributed by atoms with Crippen LogP contribution in [0.5, 0.6) is 0 Å². The highest BCUT2D eigenvalue weighted by Crippen LogP contribution is 2.17. The summed E-state index contributed by atoms with van der Waals surface area (Å²) in [5.74, 6) is -1.46. The molecule has 0 bridgehead atoms. The second kappa shape index (κ2) is 4.81. The molecule has 5 nitrogen and oxygen atoms in total. The van der Waals surface area contributed by atoms with Crippen molar-refractivity contribution >= 4 is 11.9 Å². The predicted octanol–water partition coefficient (Wildman–Crippen LogP) is -0.136. The average molecular weight is 190 g/mol. The van der Waals surface area contributed by atoms with Crippen LogP contribution < -0.4 is 0 Å². The van der Waals surface area contributed by atoms with E-state index in [-0.39, 0.29) is 12.8 Å². The van der Waals surface area contributed by atoms with E-state index in [9.17, 15) is 14.7 Å². The number of ether oxygens (including phenoxy) is 2. The van der Waals surface area contributed by atoms with Gasteiger partial charge in [0.2, 0.25) is 0 Å². The third-order valence-electron chi connectivity index (χ3n) is 1.81. The van der Waals surface area contributed by atoms with Crippen LogP contribution in [-0.4, -0.2) is 36.9 Å². The van der Waals surface area contributed by atoms with E-state index in [0.29, 0.717) is 0 Å². The molecule has 0 aromatic heterocycles. The first-order chi connectivity index (χ1) is 6.00. The quantitative estimate of drug-likeness (QED) is 0.625. The maximum Gasteiger partial charge on any atom is 0.338 e. The van der Waals surface area contributed by atoms with Crippen molar-refractivity contribution in [3.05, 3.63) is 0 Å². The summed E-state index contributed by atoms with van der Waals surface area (Å²) in [6.07, 6.45) is -0.276. The van der Waals surface area contributed by atoms with Crippen LogP contribution in [-0.2, 0) is 19.1 Å². The molecule has 0 unspecified atom stereocenters. The van der Waals surface area contributed by atoms with Gasteiger partial charge in [-0.2, -0.15) is 0 Å². The molecule has 1 N–H and O–H groups in total. The lowest BCUT2D eigenvalue weighted by atomic mass is 9.97. The third-order valence-corrected chi connectivity index (χ3v) is 1.81. The lowest BCUT2D eigenvalue weighted by Crippen LogP contribution is -2.41. The highest BCUT2D eigenvalue weighted by molar-refractivity contribution is 5.85. The smallest absolute Gasteiger partial charge is 0.338 e. The average Bonchev–Trinajstić information content (AvgIpc) is 2.15. The molecule has 0 aromatic carbocycles. The summed E-state index contributed by atoms with van der Waals surface area (Å²) in [5.41, 5.74) is -1.76. The van der Waals surface area contributed by atoms with Gasteiger partial charge in [-0.1, -0.05) is 6.92 Å². The fraction of sp³-hybridized carbons (Fsp3) is 0.750. The lowest BCUT2D eigenvalue weighted by Gasteiger charge is -2.21. The van der Waals surface area contributed by atoms with Crippen molar-refractivity contribution in [1.29, 1.82) is 0 Å². The van der Waals surface area contributed by atoms with E-state index in [2.05, 4.69) is 9.47 Å². The Hall–Kier alpha value is -1.10. The molecule has 0 aliphatic heterocycles. The van der Waals surface area contributed by atoms with Crippen molar-refractivity contribution in [1.82, 2.24) is 0 Å². The minimum Gasteiger partial charge on any atom is -0.469 e. The first-order valence-corrected chi connectivity index (χ1v) is 3.87. The SMILES string of the molecule is CC[C@@](O)(CC(=O)OC)C(=O)OC. The minimum atomic E-state index is -1.76. The van der Waals surface area contributed by atoms with Crippen molar-refractivity contribution in [2.24, 2.45) is 0 Å². The van der Waals surface area contributed by atoms with Gasteiger partial charge in [-0.05, 0) is 6.42 Å². The third kappa shape index (κ3) is 3.02. The van der Waals surface area contributed by atoms with E-state index in [1.807, 2.05) is 0 Å². The van der Waals surface area contributed by atoms with Crippen LogP contribution in [0.2, 0.25) is 0 Å². The van der Waals surface area contributed by atoms with Crippen molar-refractivity contribution in [3.63, 3.8) is 0 Å². The van der Waals surface area contributed by atoms with Crippen LogP contribution in [0.25, 0.3) is 0 Å². The Morgan fingerprint density at radius 3 is 2.15 bits per heavy atom. The van der Waals surface area contributed by atoms with Crippen LogP contribution in [0.3, 0.4) is 0 Å². The molecule has 0 spiro atoms. The monoisotopic (exact) mass is 190 g/mol. The van der Waals surface area contributed by atoms with Crippen molar-refractivity contribution < 1.29 is 24.2 Å². The van der Waals surface area contributed by atoms with Crippen molar-refractivity contribution in [3.8, 4) is 0 Å². The summed E-state index contributed by atoms with van der Waals surface area (Å²) < 4.78 is 8.69. The van der Waals surface area contributed by atoms with Crippen LogP contribution >= 0.6 is 0 Å². The van der Waals surface area contributed by atoms with Crippen LogP contribution in [0.1, 0.15) is 19.8 Å². The largest absolute Gasteiger partial charge is 0.469 e. The van der Waals surface area contributed by atoms with Crippen LogP contribution in [0.15, 0.2) is 0 Å². The molecule has 0 aromatic rings. The first kappa shape index (κ1) is 11.9. The zero-order valence-corrected chi connectivity index (χ0v) is 7.99. The maximum atomic E-state index is 11.0. The van der Waals surface area contributed by atoms with Crippen molar-refractivity contribution in [2.45, 2.75) is 25.4 Å². The summed E-state index contributed by atoms with van der Waals surface area (Å²) in [4.78, 5) is 21.9. The van der Waals surface area contributed by atoms with Gasteiger partial charge >= 0.3 is 11.9 Å². The Morgan fingerprint density at radius 2 is 1.85 bits per heavy atom. The Morgan fingerprint density at radius 1 is 1.31 bits per heavy atom. The zero-order valence-electron chi connectivity index (χ0n) is 7.99. The lowest BCUT2D eigenvalue weighted by molar-refractivity contribution is -0.169. The molecule has 5 heteroatoms. The Bertz CT molecular complexity index is 201. The number of carbonyl (C=O) groups is 2. The van der Waals surface area contributed by atoms with E-state index in [1.165, 1.54) is 7.11 Å². The molecule has 0 aliphatic carbocycles. The van der Waals surface area contributed by atoms with Crippen LogP contribution in [0.4, 0.5) is 0 Å². The number of esters is 2.